The molecular formula is C15H21NO4. The van der Waals surface area contributed by atoms with E-state index in [0.29, 0.717) is 0 Å². The molecule has 0 bridgehead atoms. The molecule has 5 nitrogen and oxygen atoms in total. The Morgan fingerprint density at radius 3 is 2.40 bits per heavy atom. The van der Waals surface area contributed by atoms with E-state index in [-0.39, 0.29) is 18.9 Å². The number of benzene rings is 1. The van der Waals surface area contributed by atoms with Crippen molar-refractivity contribution < 1.29 is 19.4 Å². The van der Waals surface area contributed by atoms with Crippen LogP contribution in [0.4, 0.5) is 0 Å². The second-order valence-electron chi connectivity index (χ2n) is 5.05. The van der Waals surface area contributed by atoms with E-state index in [0.717, 1.165) is 5.56 Å². The summed E-state index contributed by atoms with van der Waals surface area (Å²) in [5, 5.41) is 11.6. The van der Waals surface area contributed by atoms with Gasteiger partial charge in [-0.2, -0.15) is 0 Å². The normalized spacial score (nSPS) is 12.6. The topological polar surface area (TPSA) is 75.6 Å². The van der Waals surface area contributed by atoms with Crippen LogP contribution in [-0.2, 0) is 19.7 Å². The summed E-state index contributed by atoms with van der Waals surface area (Å²) in [6.07, 6.45) is 0.128. The SMILES string of the molecule is COC(=O)C(CCO)NC(=O)C(C)(C)c1ccccc1. The van der Waals surface area contributed by atoms with Crippen LogP contribution in [0.1, 0.15) is 25.8 Å². The van der Waals surface area contributed by atoms with E-state index in [4.69, 9.17) is 5.11 Å². The van der Waals surface area contributed by atoms with Crippen molar-refractivity contribution in [3.05, 3.63) is 35.9 Å². The van der Waals surface area contributed by atoms with E-state index in [1.54, 1.807) is 13.8 Å². The molecule has 1 unspecified atom stereocenters. The molecule has 0 saturated heterocycles. The molecule has 110 valence electrons. The largest absolute Gasteiger partial charge is 0.467 e. The number of amides is 1. The number of rotatable bonds is 6. The van der Waals surface area contributed by atoms with Gasteiger partial charge in [0.1, 0.15) is 6.04 Å². The van der Waals surface area contributed by atoms with E-state index < -0.39 is 17.4 Å². The average molecular weight is 279 g/mol. The summed E-state index contributed by atoms with van der Waals surface area (Å²) in [7, 11) is 1.25. The summed E-state index contributed by atoms with van der Waals surface area (Å²) in [5.41, 5.74) is 0.0771. The number of carbonyl (C=O) groups is 2. The number of aliphatic hydroxyl groups is 1. The summed E-state index contributed by atoms with van der Waals surface area (Å²) in [6.45, 7) is 3.36. The van der Waals surface area contributed by atoms with E-state index in [1.165, 1.54) is 7.11 Å². The number of aliphatic hydroxyl groups excluding tert-OH is 1. The highest BCUT2D eigenvalue weighted by atomic mass is 16.5. The van der Waals surface area contributed by atoms with Crippen LogP contribution in [0.2, 0.25) is 0 Å². The van der Waals surface area contributed by atoms with E-state index in [1.807, 2.05) is 30.3 Å². The van der Waals surface area contributed by atoms with Crippen molar-refractivity contribution >= 4 is 11.9 Å². The third kappa shape index (κ3) is 3.81. The Labute approximate surface area is 118 Å². The number of hydrogen-bond acceptors (Lipinski definition) is 4. The van der Waals surface area contributed by atoms with Gasteiger partial charge in [0.2, 0.25) is 5.91 Å². The first kappa shape index (κ1) is 16.2. The zero-order valence-corrected chi connectivity index (χ0v) is 12.1. The molecule has 1 atom stereocenters. The zero-order valence-electron chi connectivity index (χ0n) is 12.1. The van der Waals surface area contributed by atoms with Gasteiger partial charge in [0.05, 0.1) is 12.5 Å². The minimum Gasteiger partial charge on any atom is -0.467 e. The lowest BCUT2D eigenvalue weighted by molar-refractivity contribution is -0.146. The lowest BCUT2D eigenvalue weighted by Crippen LogP contribution is -2.49. The van der Waals surface area contributed by atoms with Gasteiger partial charge >= 0.3 is 5.97 Å². The number of hydrogen-bond donors (Lipinski definition) is 2. The van der Waals surface area contributed by atoms with Gasteiger partial charge in [-0.3, -0.25) is 4.79 Å². The van der Waals surface area contributed by atoms with Gasteiger partial charge in [-0.15, -0.1) is 0 Å². The van der Waals surface area contributed by atoms with Gasteiger partial charge in [0.15, 0.2) is 0 Å². The van der Waals surface area contributed by atoms with Crippen molar-refractivity contribution in [2.24, 2.45) is 0 Å². The molecule has 0 aromatic heterocycles. The Morgan fingerprint density at radius 1 is 1.30 bits per heavy atom. The first-order valence-electron chi connectivity index (χ1n) is 6.48. The minimum absolute atomic E-state index is 0.128. The molecular weight excluding hydrogens is 258 g/mol. The third-order valence-electron chi connectivity index (χ3n) is 3.27. The van der Waals surface area contributed by atoms with E-state index in [9.17, 15) is 9.59 Å². The highest BCUT2D eigenvalue weighted by Crippen LogP contribution is 2.23. The second kappa shape index (κ2) is 7.05. The Bertz CT molecular complexity index is 456. The molecule has 0 aliphatic heterocycles. The van der Waals surface area contributed by atoms with Crippen LogP contribution >= 0.6 is 0 Å². The lowest BCUT2D eigenvalue weighted by atomic mass is 9.83. The smallest absolute Gasteiger partial charge is 0.328 e. The Morgan fingerprint density at radius 2 is 1.90 bits per heavy atom. The summed E-state index contributed by atoms with van der Waals surface area (Å²) >= 11 is 0. The molecule has 0 radical (unpaired) electrons. The molecule has 0 heterocycles. The van der Waals surface area contributed by atoms with Crippen molar-refractivity contribution in [2.75, 3.05) is 13.7 Å². The summed E-state index contributed by atoms with van der Waals surface area (Å²) in [6, 6.07) is 8.48. The number of carbonyl (C=O) groups excluding carboxylic acids is 2. The quantitative estimate of drug-likeness (QED) is 0.762. The fourth-order valence-corrected chi connectivity index (χ4v) is 1.84. The van der Waals surface area contributed by atoms with E-state index in [2.05, 4.69) is 10.1 Å². The first-order chi connectivity index (χ1) is 9.43. The zero-order chi connectivity index (χ0) is 15.2. The monoisotopic (exact) mass is 279 g/mol. The number of esters is 1. The first-order valence-corrected chi connectivity index (χ1v) is 6.48. The molecule has 1 aromatic carbocycles. The third-order valence-corrected chi connectivity index (χ3v) is 3.27. The minimum atomic E-state index is -0.833. The fraction of sp³-hybridized carbons (Fsp3) is 0.467. The molecule has 0 saturated carbocycles. The van der Waals surface area contributed by atoms with Gasteiger partial charge in [-0.25, -0.2) is 4.79 Å². The van der Waals surface area contributed by atoms with Crippen LogP contribution in [0.5, 0.6) is 0 Å². The number of nitrogens with one attached hydrogen (secondary N) is 1. The number of ether oxygens (including phenoxy) is 1. The predicted octanol–water partition coefficient (Wildman–Crippen LogP) is 1.00. The standard InChI is InChI=1S/C15H21NO4/c1-15(2,11-7-5-4-6-8-11)14(19)16-12(9-10-17)13(18)20-3/h4-8,12,17H,9-10H2,1-3H3,(H,16,19). The van der Waals surface area contributed by atoms with Gasteiger partial charge in [-0.05, 0) is 19.4 Å². The van der Waals surface area contributed by atoms with Crippen LogP contribution in [0.25, 0.3) is 0 Å². The van der Waals surface area contributed by atoms with Gasteiger partial charge in [0, 0.05) is 13.0 Å². The van der Waals surface area contributed by atoms with Crippen LogP contribution in [0.15, 0.2) is 30.3 Å². The predicted molar refractivity (Wildman–Crippen MR) is 75.1 cm³/mol. The molecule has 2 N–H and O–H groups in total. The molecule has 5 heteroatoms. The van der Waals surface area contributed by atoms with Crippen LogP contribution in [0.3, 0.4) is 0 Å². The maximum Gasteiger partial charge on any atom is 0.328 e. The van der Waals surface area contributed by atoms with Crippen LogP contribution in [-0.4, -0.2) is 36.7 Å². The van der Waals surface area contributed by atoms with Crippen molar-refractivity contribution in [3.8, 4) is 0 Å². The number of methoxy groups -OCH3 is 1. The molecule has 0 aliphatic carbocycles. The second-order valence-corrected chi connectivity index (χ2v) is 5.05. The van der Waals surface area contributed by atoms with Crippen molar-refractivity contribution in [3.63, 3.8) is 0 Å². The molecule has 1 amide bonds. The van der Waals surface area contributed by atoms with Crippen molar-refractivity contribution in [2.45, 2.75) is 31.7 Å². The average Bonchev–Trinajstić information content (AvgIpc) is 2.46. The van der Waals surface area contributed by atoms with Gasteiger partial charge in [0.25, 0.3) is 0 Å². The van der Waals surface area contributed by atoms with Crippen LogP contribution in [0, 0.1) is 0 Å². The maximum atomic E-state index is 12.4. The summed E-state index contributed by atoms with van der Waals surface area (Å²) in [5.74, 6) is -0.844. The Hall–Kier alpha value is -1.88. The highest BCUT2D eigenvalue weighted by Gasteiger charge is 2.32. The molecule has 1 rings (SSSR count). The van der Waals surface area contributed by atoms with Crippen molar-refractivity contribution in [1.29, 1.82) is 0 Å². The van der Waals surface area contributed by atoms with Crippen molar-refractivity contribution in [1.82, 2.24) is 5.32 Å². The highest BCUT2D eigenvalue weighted by molar-refractivity contribution is 5.91. The Balaban J connectivity index is 2.85. The molecule has 20 heavy (non-hydrogen) atoms. The van der Waals surface area contributed by atoms with Gasteiger partial charge in [-0.1, -0.05) is 30.3 Å². The molecule has 0 spiro atoms. The maximum absolute atomic E-state index is 12.4. The molecule has 0 aliphatic rings. The Kier molecular flexibility index (Phi) is 5.70. The lowest BCUT2D eigenvalue weighted by Gasteiger charge is -2.26. The summed E-state index contributed by atoms with van der Waals surface area (Å²) in [4.78, 5) is 23.9. The molecule has 1 aromatic rings. The molecule has 0 fully saturated rings. The summed E-state index contributed by atoms with van der Waals surface area (Å²) < 4.78 is 4.62. The van der Waals surface area contributed by atoms with E-state index >= 15 is 0 Å². The fourth-order valence-electron chi connectivity index (χ4n) is 1.84. The van der Waals surface area contributed by atoms with Gasteiger partial charge < -0.3 is 15.2 Å². The van der Waals surface area contributed by atoms with Crippen LogP contribution < -0.4 is 5.32 Å².